The van der Waals surface area contributed by atoms with Crippen molar-refractivity contribution in [3.63, 3.8) is 0 Å². The van der Waals surface area contributed by atoms with E-state index in [0.29, 0.717) is 5.41 Å². The fourth-order valence-electron chi connectivity index (χ4n) is 4.99. The maximum atomic E-state index is 2.55. The topological polar surface area (TPSA) is 0 Å². The molecule has 2 aliphatic rings. The molecule has 2 fully saturated rings. The van der Waals surface area contributed by atoms with Crippen LogP contribution in [0.1, 0.15) is 105 Å². The zero-order valence-corrected chi connectivity index (χ0v) is 15.3. The minimum absolute atomic E-state index is 0.653. The minimum atomic E-state index is 0.653. The summed E-state index contributed by atoms with van der Waals surface area (Å²) in [5.74, 6) is 4.11. The summed E-state index contributed by atoms with van der Waals surface area (Å²) in [6, 6.07) is 0. The Morgan fingerprint density at radius 2 is 1.52 bits per heavy atom. The van der Waals surface area contributed by atoms with Crippen LogP contribution in [0.4, 0.5) is 0 Å². The van der Waals surface area contributed by atoms with Gasteiger partial charge in [0.2, 0.25) is 0 Å². The number of hydrogen-bond donors (Lipinski definition) is 0. The lowest BCUT2D eigenvalue weighted by atomic mass is 9.79. The molecular formula is C21H40. The van der Waals surface area contributed by atoms with Gasteiger partial charge in [0, 0.05) is 0 Å². The van der Waals surface area contributed by atoms with Crippen molar-refractivity contribution in [3.8, 4) is 0 Å². The smallest absolute Gasteiger partial charge is 0.0328 e. The largest absolute Gasteiger partial charge is 0.0651 e. The molecule has 0 bridgehead atoms. The molecule has 0 aromatic rings. The molecule has 2 rings (SSSR count). The van der Waals surface area contributed by atoms with E-state index >= 15 is 0 Å². The highest BCUT2D eigenvalue weighted by Gasteiger charge is 2.32. The number of rotatable bonds is 4. The predicted molar refractivity (Wildman–Crippen MR) is 94.5 cm³/mol. The van der Waals surface area contributed by atoms with E-state index in [4.69, 9.17) is 0 Å². The Morgan fingerprint density at radius 1 is 0.857 bits per heavy atom. The first-order valence-corrected chi connectivity index (χ1v) is 10.1. The summed E-state index contributed by atoms with van der Waals surface area (Å²) in [6.07, 6.45) is 17.9. The van der Waals surface area contributed by atoms with Crippen LogP contribution in [0, 0.1) is 29.1 Å². The average molecular weight is 293 g/mol. The Labute approximate surface area is 134 Å². The molecule has 0 amide bonds. The second kappa shape index (κ2) is 8.02. The number of hydrogen-bond acceptors (Lipinski definition) is 0. The zero-order chi connectivity index (χ0) is 15.3. The summed E-state index contributed by atoms with van der Waals surface area (Å²) in [7, 11) is 0. The molecule has 0 saturated heterocycles. The van der Waals surface area contributed by atoms with Crippen LogP contribution >= 0.6 is 0 Å². The maximum absolute atomic E-state index is 2.55. The van der Waals surface area contributed by atoms with Crippen molar-refractivity contribution in [3.05, 3.63) is 0 Å². The van der Waals surface area contributed by atoms with Gasteiger partial charge >= 0.3 is 0 Å². The van der Waals surface area contributed by atoms with Crippen molar-refractivity contribution >= 4 is 0 Å². The molecule has 5 atom stereocenters. The molecule has 0 spiro atoms. The standard InChI is InChI=1S/C21H40/c1-5-18-8-7-9-19(11-10-18)16-20-13-15-21(4,6-2)14-12-17(20)3/h17-20H,5-16H2,1-4H3. The van der Waals surface area contributed by atoms with Gasteiger partial charge in [0.1, 0.15) is 0 Å². The molecule has 0 aromatic heterocycles. The lowest BCUT2D eigenvalue weighted by molar-refractivity contribution is 0.244. The van der Waals surface area contributed by atoms with Crippen LogP contribution in [0.2, 0.25) is 0 Å². The van der Waals surface area contributed by atoms with Gasteiger partial charge in [-0.05, 0) is 61.2 Å². The SMILES string of the molecule is CCC1CCCC(CC2CCC(C)(CC)CCC2C)CC1. The lowest BCUT2D eigenvalue weighted by Crippen LogP contribution is -2.15. The first-order valence-electron chi connectivity index (χ1n) is 10.1. The zero-order valence-electron chi connectivity index (χ0n) is 15.3. The van der Waals surface area contributed by atoms with E-state index in [1.165, 1.54) is 70.6 Å². The lowest BCUT2D eigenvalue weighted by Gasteiger charge is -2.27. The van der Waals surface area contributed by atoms with Crippen molar-refractivity contribution in [2.24, 2.45) is 29.1 Å². The molecular weight excluding hydrogens is 252 g/mol. The Hall–Kier alpha value is 0. The highest BCUT2D eigenvalue weighted by Crippen LogP contribution is 2.44. The second-order valence-corrected chi connectivity index (χ2v) is 8.86. The van der Waals surface area contributed by atoms with Gasteiger partial charge in [-0.3, -0.25) is 0 Å². The Balaban J connectivity index is 1.86. The molecule has 2 saturated carbocycles. The van der Waals surface area contributed by atoms with Crippen LogP contribution in [-0.2, 0) is 0 Å². The van der Waals surface area contributed by atoms with Crippen LogP contribution < -0.4 is 0 Å². The summed E-state index contributed by atoms with van der Waals surface area (Å²) >= 11 is 0. The van der Waals surface area contributed by atoms with Gasteiger partial charge in [0.05, 0.1) is 0 Å². The second-order valence-electron chi connectivity index (χ2n) is 8.86. The van der Waals surface area contributed by atoms with Crippen LogP contribution in [0.25, 0.3) is 0 Å². The Kier molecular flexibility index (Phi) is 6.63. The first kappa shape index (κ1) is 17.4. The van der Waals surface area contributed by atoms with Crippen molar-refractivity contribution in [1.82, 2.24) is 0 Å². The highest BCUT2D eigenvalue weighted by molar-refractivity contribution is 4.83. The van der Waals surface area contributed by atoms with E-state index in [1.807, 2.05) is 0 Å². The molecule has 21 heavy (non-hydrogen) atoms. The van der Waals surface area contributed by atoms with E-state index in [9.17, 15) is 0 Å². The van der Waals surface area contributed by atoms with Crippen molar-refractivity contribution in [1.29, 1.82) is 0 Å². The van der Waals surface area contributed by atoms with Gasteiger partial charge < -0.3 is 0 Å². The summed E-state index contributed by atoms with van der Waals surface area (Å²) < 4.78 is 0. The van der Waals surface area contributed by atoms with Gasteiger partial charge in [-0.25, -0.2) is 0 Å². The summed E-state index contributed by atoms with van der Waals surface area (Å²) in [5.41, 5.74) is 0.653. The third-order valence-corrected chi connectivity index (χ3v) is 7.40. The van der Waals surface area contributed by atoms with Gasteiger partial charge in [0.15, 0.2) is 0 Å². The third kappa shape index (κ3) is 5.00. The minimum Gasteiger partial charge on any atom is -0.0651 e. The third-order valence-electron chi connectivity index (χ3n) is 7.40. The van der Waals surface area contributed by atoms with Crippen molar-refractivity contribution in [2.75, 3.05) is 0 Å². The fraction of sp³-hybridized carbons (Fsp3) is 1.00. The van der Waals surface area contributed by atoms with Gasteiger partial charge in [-0.2, -0.15) is 0 Å². The molecule has 0 radical (unpaired) electrons. The average Bonchev–Trinajstić information content (AvgIpc) is 2.80. The summed E-state index contributed by atoms with van der Waals surface area (Å²) in [6.45, 7) is 9.89. The van der Waals surface area contributed by atoms with E-state index in [1.54, 1.807) is 6.42 Å². The van der Waals surface area contributed by atoms with Crippen LogP contribution in [-0.4, -0.2) is 0 Å². The van der Waals surface area contributed by atoms with E-state index < -0.39 is 0 Å². The first-order chi connectivity index (χ1) is 10.1. The van der Waals surface area contributed by atoms with E-state index in [0.717, 1.165) is 23.7 Å². The van der Waals surface area contributed by atoms with Gasteiger partial charge in [-0.1, -0.05) is 72.6 Å². The normalized spacial score (nSPS) is 42.3. The Bertz CT molecular complexity index is 294. The molecule has 0 nitrogen and oxygen atoms in total. The molecule has 0 N–H and O–H groups in total. The van der Waals surface area contributed by atoms with Crippen LogP contribution in [0.15, 0.2) is 0 Å². The van der Waals surface area contributed by atoms with E-state index in [-0.39, 0.29) is 0 Å². The predicted octanol–water partition coefficient (Wildman–Crippen LogP) is 7.23. The van der Waals surface area contributed by atoms with E-state index in [2.05, 4.69) is 27.7 Å². The van der Waals surface area contributed by atoms with Crippen molar-refractivity contribution in [2.45, 2.75) is 105 Å². The molecule has 124 valence electrons. The molecule has 5 unspecified atom stereocenters. The maximum Gasteiger partial charge on any atom is -0.0328 e. The molecule has 0 heteroatoms. The van der Waals surface area contributed by atoms with Crippen molar-refractivity contribution < 1.29 is 0 Å². The molecule has 0 heterocycles. The van der Waals surface area contributed by atoms with Crippen LogP contribution in [0.3, 0.4) is 0 Å². The molecule has 0 aliphatic heterocycles. The fourth-order valence-corrected chi connectivity index (χ4v) is 4.99. The van der Waals surface area contributed by atoms with Gasteiger partial charge in [-0.15, -0.1) is 0 Å². The van der Waals surface area contributed by atoms with Crippen LogP contribution in [0.5, 0.6) is 0 Å². The Morgan fingerprint density at radius 3 is 2.24 bits per heavy atom. The monoisotopic (exact) mass is 292 g/mol. The summed E-state index contributed by atoms with van der Waals surface area (Å²) in [4.78, 5) is 0. The van der Waals surface area contributed by atoms with Gasteiger partial charge in [0.25, 0.3) is 0 Å². The summed E-state index contributed by atoms with van der Waals surface area (Å²) in [5, 5.41) is 0. The highest BCUT2D eigenvalue weighted by atomic mass is 14.4. The molecule has 2 aliphatic carbocycles. The molecule has 0 aromatic carbocycles. The quantitative estimate of drug-likeness (QED) is 0.479.